The number of nitrogens with one attached hydrogen (secondary N) is 1. The zero-order valence-corrected chi connectivity index (χ0v) is 18.2. The third-order valence-electron chi connectivity index (χ3n) is 5.79. The van der Waals surface area contributed by atoms with Crippen molar-refractivity contribution < 1.29 is 14.2 Å². The molecule has 1 N–H and O–H groups in total. The number of hydrogen-bond acceptors (Lipinski definition) is 4. The van der Waals surface area contributed by atoms with E-state index < -0.39 is 0 Å². The van der Waals surface area contributed by atoms with Gasteiger partial charge in [-0.1, -0.05) is 26.3 Å². The maximum Gasteiger partial charge on any atom is 0.161 e. The Kier molecular flexibility index (Phi) is 7.99. The second-order valence-electron chi connectivity index (χ2n) is 9.08. The number of rotatable bonds is 10. The summed E-state index contributed by atoms with van der Waals surface area (Å²) in [5, 5.41) is 3.64. The molecule has 1 aromatic carbocycles. The molecule has 0 saturated carbocycles. The molecule has 1 fully saturated rings. The van der Waals surface area contributed by atoms with Crippen LogP contribution in [0, 0.1) is 11.3 Å². The van der Waals surface area contributed by atoms with Gasteiger partial charge < -0.3 is 19.5 Å². The summed E-state index contributed by atoms with van der Waals surface area (Å²) < 4.78 is 16.7. The highest BCUT2D eigenvalue weighted by Gasteiger charge is 2.40. The van der Waals surface area contributed by atoms with Crippen LogP contribution in [0.3, 0.4) is 0 Å². The zero-order chi connectivity index (χ0) is 19.9. The van der Waals surface area contributed by atoms with Crippen LogP contribution in [0.5, 0.6) is 11.5 Å². The molecule has 154 valence electrons. The molecule has 1 saturated heterocycles. The maximum atomic E-state index is 6.00. The van der Waals surface area contributed by atoms with Crippen LogP contribution >= 0.6 is 0 Å². The van der Waals surface area contributed by atoms with Gasteiger partial charge in [0, 0.05) is 13.2 Å². The quantitative estimate of drug-likeness (QED) is 0.569. The van der Waals surface area contributed by atoms with Gasteiger partial charge in [0.1, 0.15) is 0 Å². The smallest absolute Gasteiger partial charge is 0.161 e. The zero-order valence-electron chi connectivity index (χ0n) is 18.2. The first-order valence-corrected chi connectivity index (χ1v) is 10.3. The SMILES string of the molecule is COc1ccc(CNCC[C@@]2(CCC(C)C)CCOC(C)(C)C2)cc1OC. The van der Waals surface area contributed by atoms with Crippen LogP contribution in [-0.2, 0) is 11.3 Å². The predicted octanol–water partition coefficient (Wildman–Crippen LogP) is 5.20. The van der Waals surface area contributed by atoms with Crippen LogP contribution in [0.25, 0.3) is 0 Å². The molecule has 4 heteroatoms. The summed E-state index contributed by atoms with van der Waals surface area (Å²) >= 11 is 0. The Labute approximate surface area is 166 Å². The lowest BCUT2D eigenvalue weighted by Crippen LogP contribution is -2.42. The first-order chi connectivity index (χ1) is 12.8. The Morgan fingerprint density at radius 2 is 1.85 bits per heavy atom. The second-order valence-corrected chi connectivity index (χ2v) is 9.08. The third-order valence-corrected chi connectivity index (χ3v) is 5.79. The Bertz CT molecular complexity index is 585. The van der Waals surface area contributed by atoms with Gasteiger partial charge in [-0.3, -0.25) is 0 Å². The Morgan fingerprint density at radius 1 is 1.11 bits per heavy atom. The van der Waals surface area contributed by atoms with Gasteiger partial charge in [-0.25, -0.2) is 0 Å². The van der Waals surface area contributed by atoms with Crippen LogP contribution in [0.15, 0.2) is 18.2 Å². The lowest BCUT2D eigenvalue weighted by atomic mass is 9.68. The van der Waals surface area contributed by atoms with Crippen LogP contribution in [0.1, 0.15) is 65.4 Å². The molecule has 0 radical (unpaired) electrons. The van der Waals surface area contributed by atoms with Crippen molar-refractivity contribution in [3.8, 4) is 11.5 Å². The van der Waals surface area contributed by atoms with E-state index in [-0.39, 0.29) is 5.60 Å². The molecule has 0 bridgehead atoms. The molecule has 0 amide bonds. The largest absolute Gasteiger partial charge is 0.493 e. The van der Waals surface area contributed by atoms with Crippen molar-refractivity contribution in [1.82, 2.24) is 5.32 Å². The second kappa shape index (κ2) is 9.79. The summed E-state index contributed by atoms with van der Waals surface area (Å²) in [5.74, 6) is 2.32. The van der Waals surface area contributed by atoms with Gasteiger partial charge in [-0.15, -0.1) is 0 Å². The maximum absolute atomic E-state index is 6.00. The molecule has 1 heterocycles. The molecule has 1 aromatic rings. The van der Waals surface area contributed by atoms with E-state index in [1.165, 1.54) is 31.2 Å². The number of methoxy groups -OCH3 is 2. The van der Waals surface area contributed by atoms with Crippen LogP contribution in [0.4, 0.5) is 0 Å². The number of hydrogen-bond donors (Lipinski definition) is 1. The van der Waals surface area contributed by atoms with Crippen LogP contribution < -0.4 is 14.8 Å². The average Bonchev–Trinajstić information content (AvgIpc) is 2.62. The van der Waals surface area contributed by atoms with E-state index in [9.17, 15) is 0 Å². The van der Waals surface area contributed by atoms with Crippen molar-refractivity contribution in [2.75, 3.05) is 27.4 Å². The molecule has 1 atom stereocenters. The van der Waals surface area contributed by atoms with E-state index in [0.29, 0.717) is 5.41 Å². The topological polar surface area (TPSA) is 39.7 Å². The van der Waals surface area contributed by atoms with Crippen molar-refractivity contribution in [3.05, 3.63) is 23.8 Å². The van der Waals surface area contributed by atoms with Crippen molar-refractivity contribution in [2.24, 2.45) is 11.3 Å². The van der Waals surface area contributed by atoms with Crippen LogP contribution in [0.2, 0.25) is 0 Å². The summed E-state index contributed by atoms with van der Waals surface area (Å²) in [5.41, 5.74) is 1.62. The molecule has 27 heavy (non-hydrogen) atoms. The van der Waals surface area contributed by atoms with Crippen molar-refractivity contribution in [1.29, 1.82) is 0 Å². The fraction of sp³-hybridized carbons (Fsp3) is 0.739. The van der Waals surface area contributed by atoms with E-state index in [1.54, 1.807) is 14.2 Å². The molecular formula is C23H39NO3. The molecule has 1 aliphatic heterocycles. The van der Waals surface area contributed by atoms with Crippen molar-refractivity contribution in [3.63, 3.8) is 0 Å². The molecule has 2 rings (SSSR count). The van der Waals surface area contributed by atoms with E-state index in [4.69, 9.17) is 14.2 Å². The van der Waals surface area contributed by atoms with Gasteiger partial charge in [-0.2, -0.15) is 0 Å². The van der Waals surface area contributed by atoms with E-state index in [2.05, 4.69) is 45.1 Å². The van der Waals surface area contributed by atoms with Crippen LogP contribution in [-0.4, -0.2) is 33.0 Å². The van der Waals surface area contributed by atoms with E-state index in [0.717, 1.165) is 43.5 Å². The Hall–Kier alpha value is -1.26. The monoisotopic (exact) mass is 377 g/mol. The summed E-state index contributed by atoms with van der Waals surface area (Å²) in [4.78, 5) is 0. The fourth-order valence-corrected chi connectivity index (χ4v) is 4.31. The van der Waals surface area contributed by atoms with Gasteiger partial charge in [0.2, 0.25) is 0 Å². The van der Waals surface area contributed by atoms with Crippen molar-refractivity contribution >= 4 is 0 Å². The first kappa shape index (κ1) is 22.0. The summed E-state index contributed by atoms with van der Waals surface area (Å²) in [7, 11) is 3.35. The molecule has 0 unspecified atom stereocenters. The third kappa shape index (κ3) is 6.69. The molecule has 0 aliphatic carbocycles. The minimum absolute atomic E-state index is 0.00141. The first-order valence-electron chi connectivity index (χ1n) is 10.3. The predicted molar refractivity (Wildman–Crippen MR) is 112 cm³/mol. The van der Waals surface area contributed by atoms with Gasteiger partial charge in [0.05, 0.1) is 19.8 Å². The lowest BCUT2D eigenvalue weighted by molar-refractivity contribution is -0.110. The normalized spacial score (nSPS) is 22.0. The molecule has 0 spiro atoms. The summed E-state index contributed by atoms with van der Waals surface area (Å²) in [6, 6.07) is 6.12. The minimum Gasteiger partial charge on any atom is -0.493 e. The number of ether oxygens (including phenoxy) is 3. The van der Waals surface area contributed by atoms with Gasteiger partial charge in [0.15, 0.2) is 11.5 Å². The molecule has 4 nitrogen and oxygen atoms in total. The van der Waals surface area contributed by atoms with Crippen molar-refractivity contribution in [2.45, 2.75) is 71.9 Å². The molecular weight excluding hydrogens is 338 g/mol. The summed E-state index contributed by atoms with van der Waals surface area (Å²) in [6.07, 6.45) is 6.15. The van der Waals surface area contributed by atoms with E-state index >= 15 is 0 Å². The highest BCUT2D eigenvalue weighted by molar-refractivity contribution is 5.42. The lowest BCUT2D eigenvalue weighted by Gasteiger charge is -2.45. The Morgan fingerprint density at radius 3 is 2.48 bits per heavy atom. The van der Waals surface area contributed by atoms with Gasteiger partial charge in [0.25, 0.3) is 0 Å². The average molecular weight is 378 g/mol. The van der Waals surface area contributed by atoms with E-state index in [1.807, 2.05) is 6.07 Å². The summed E-state index contributed by atoms with van der Waals surface area (Å²) in [6.45, 7) is 11.9. The van der Waals surface area contributed by atoms with Gasteiger partial charge in [-0.05, 0) is 75.1 Å². The van der Waals surface area contributed by atoms with Gasteiger partial charge >= 0.3 is 0 Å². The molecule has 0 aromatic heterocycles. The fourth-order valence-electron chi connectivity index (χ4n) is 4.31. The Balaban J connectivity index is 1.91. The standard InChI is InChI=1S/C23H39NO3/c1-18(2)9-10-23(12-14-27-22(3,4)17-23)11-13-24-16-19-7-8-20(25-5)21(15-19)26-6/h7-8,15,18,24H,9-14,16-17H2,1-6H3/t23-/m0/s1. The molecule has 1 aliphatic rings. The highest BCUT2D eigenvalue weighted by Crippen LogP contribution is 2.45. The minimum atomic E-state index is -0.00141. The highest BCUT2D eigenvalue weighted by atomic mass is 16.5. The number of benzene rings is 1.